The number of nitrogens with one attached hydrogen (secondary N) is 1. The molecule has 4 aromatic rings. The maximum atomic E-state index is 13.7. The summed E-state index contributed by atoms with van der Waals surface area (Å²) in [6.45, 7) is 1.85. The normalized spacial score (nSPS) is 18.2. The molecule has 8 nitrogen and oxygen atoms in total. The zero-order chi connectivity index (χ0) is 27.5. The molecule has 3 heterocycles. The van der Waals surface area contributed by atoms with E-state index in [-0.39, 0.29) is 29.5 Å². The number of hydrogen-bond donors (Lipinski definition) is 1. The van der Waals surface area contributed by atoms with Crippen LogP contribution in [-0.4, -0.2) is 31.7 Å². The first-order valence-electron chi connectivity index (χ1n) is 12.3. The van der Waals surface area contributed by atoms with Gasteiger partial charge in [0.1, 0.15) is 18.0 Å². The molecule has 196 valence electrons. The van der Waals surface area contributed by atoms with Gasteiger partial charge in [0.25, 0.3) is 5.91 Å². The van der Waals surface area contributed by atoms with Gasteiger partial charge in [-0.15, -0.1) is 10.2 Å². The van der Waals surface area contributed by atoms with Crippen LogP contribution in [0, 0.1) is 17.2 Å². The van der Waals surface area contributed by atoms with Crippen LogP contribution in [0.2, 0.25) is 0 Å². The van der Waals surface area contributed by atoms with E-state index in [0.29, 0.717) is 39.8 Å². The molecule has 0 radical (unpaired) electrons. The first kappa shape index (κ1) is 24.6. The predicted molar refractivity (Wildman–Crippen MR) is 138 cm³/mol. The Bertz CT molecular complexity index is 1670. The Morgan fingerprint density at radius 1 is 1.10 bits per heavy atom. The van der Waals surface area contributed by atoms with Gasteiger partial charge in [0.05, 0.1) is 23.7 Å². The van der Waals surface area contributed by atoms with Gasteiger partial charge in [-0.2, -0.15) is 18.4 Å². The van der Waals surface area contributed by atoms with E-state index in [4.69, 9.17) is 0 Å². The number of hydrogen-bond acceptors (Lipinski definition) is 6. The van der Waals surface area contributed by atoms with Gasteiger partial charge in [-0.05, 0) is 71.5 Å². The lowest BCUT2D eigenvalue weighted by atomic mass is 9.97. The van der Waals surface area contributed by atoms with Crippen molar-refractivity contribution in [3.8, 4) is 28.6 Å². The zero-order valence-corrected chi connectivity index (χ0v) is 21.0. The molecule has 1 aliphatic heterocycles. The highest BCUT2D eigenvalue weighted by atomic mass is 19.4. The minimum atomic E-state index is -4.59. The van der Waals surface area contributed by atoms with Crippen molar-refractivity contribution in [1.29, 1.82) is 5.26 Å². The number of nitriles is 1. The highest BCUT2D eigenvalue weighted by molar-refractivity contribution is 6.10. The van der Waals surface area contributed by atoms with Crippen LogP contribution < -0.4 is 10.2 Å². The molecule has 1 saturated carbocycles. The molecule has 2 aliphatic rings. The third-order valence-corrected chi connectivity index (χ3v) is 7.22. The Morgan fingerprint density at radius 3 is 2.56 bits per heavy atom. The molecular weight excluding hydrogens is 507 g/mol. The predicted octanol–water partition coefficient (Wildman–Crippen LogP) is 5.42. The number of rotatable bonds is 5. The van der Waals surface area contributed by atoms with Crippen LogP contribution in [0.25, 0.3) is 22.5 Å². The SMILES string of the molecule is C[C@@H]1C[C@H]1Nc1cc(-c2cc(C#N)ccc2-c2nncn2C)cc(N2Cc3c(cccc3C(F)(F)F)C2=O)n1. The van der Waals surface area contributed by atoms with E-state index in [0.717, 1.165) is 12.5 Å². The van der Waals surface area contributed by atoms with Crippen molar-refractivity contribution in [2.75, 3.05) is 10.2 Å². The average molecular weight is 530 g/mol. The number of alkyl halides is 3. The number of aryl methyl sites for hydroxylation is 1. The lowest BCUT2D eigenvalue weighted by Gasteiger charge is -2.19. The summed E-state index contributed by atoms with van der Waals surface area (Å²) in [6.07, 6.45) is -2.07. The van der Waals surface area contributed by atoms with Crippen molar-refractivity contribution in [2.45, 2.75) is 32.1 Å². The molecule has 0 saturated heterocycles. The van der Waals surface area contributed by atoms with Gasteiger partial charge in [0.15, 0.2) is 5.82 Å². The largest absolute Gasteiger partial charge is 0.416 e. The molecule has 0 bridgehead atoms. The standard InChI is InChI=1S/C28H22F3N7O/c1-15-8-23(15)34-24-10-17(20-9-16(12-32)6-7-18(20)26-36-33-14-37(26)2)11-25(35-24)38-13-21-19(27(38)39)4-3-5-22(21)28(29,30)31/h3-7,9-11,14-15,23H,8,13H2,1-2H3,(H,34,35)/t15-,23-/m1/s1. The smallest absolute Gasteiger partial charge is 0.367 e. The monoisotopic (exact) mass is 529 g/mol. The Morgan fingerprint density at radius 2 is 1.90 bits per heavy atom. The van der Waals surface area contributed by atoms with Crippen molar-refractivity contribution < 1.29 is 18.0 Å². The Hall–Kier alpha value is -4.72. The maximum Gasteiger partial charge on any atom is 0.416 e. The van der Waals surface area contributed by atoms with Gasteiger partial charge >= 0.3 is 6.18 Å². The zero-order valence-electron chi connectivity index (χ0n) is 21.0. The fraction of sp³-hybridized carbons (Fsp3) is 0.250. The third-order valence-electron chi connectivity index (χ3n) is 7.22. The van der Waals surface area contributed by atoms with E-state index in [1.165, 1.54) is 17.0 Å². The first-order valence-corrected chi connectivity index (χ1v) is 12.3. The highest BCUT2D eigenvalue weighted by Gasteiger charge is 2.40. The quantitative estimate of drug-likeness (QED) is 0.371. The number of carbonyl (C=O) groups excluding carboxylic acids is 1. The molecule has 1 aliphatic carbocycles. The van der Waals surface area contributed by atoms with Gasteiger partial charge in [-0.3, -0.25) is 9.69 Å². The van der Waals surface area contributed by atoms with E-state index in [1.807, 2.05) is 6.07 Å². The summed E-state index contributed by atoms with van der Waals surface area (Å²) in [5.41, 5.74) is 1.51. The van der Waals surface area contributed by atoms with Gasteiger partial charge in [0, 0.05) is 24.2 Å². The number of aromatic nitrogens is 4. The van der Waals surface area contributed by atoms with Crippen molar-refractivity contribution in [2.24, 2.45) is 13.0 Å². The lowest BCUT2D eigenvalue weighted by Crippen LogP contribution is -2.24. The minimum absolute atomic E-state index is 0.00797. The second-order valence-electron chi connectivity index (χ2n) is 9.92. The Balaban J connectivity index is 1.50. The second-order valence-corrected chi connectivity index (χ2v) is 9.92. The molecule has 1 amide bonds. The number of amides is 1. The van der Waals surface area contributed by atoms with Crippen LogP contribution in [0.5, 0.6) is 0 Å². The summed E-state index contributed by atoms with van der Waals surface area (Å²) < 4.78 is 42.9. The van der Waals surface area contributed by atoms with Crippen LogP contribution >= 0.6 is 0 Å². The van der Waals surface area contributed by atoms with Crippen LogP contribution in [0.1, 0.15) is 40.4 Å². The fourth-order valence-electron chi connectivity index (χ4n) is 4.95. The number of benzene rings is 2. The summed E-state index contributed by atoms with van der Waals surface area (Å²) in [5.74, 6) is 1.16. The third kappa shape index (κ3) is 4.37. The summed E-state index contributed by atoms with van der Waals surface area (Å²) in [4.78, 5) is 19.3. The Labute approximate surface area is 221 Å². The second kappa shape index (κ2) is 8.94. The fourth-order valence-corrected chi connectivity index (χ4v) is 4.95. The van der Waals surface area contributed by atoms with Crippen molar-refractivity contribution in [3.63, 3.8) is 0 Å². The summed E-state index contributed by atoms with van der Waals surface area (Å²) in [7, 11) is 1.80. The number of fused-ring (bicyclic) bond motifs is 1. The van der Waals surface area contributed by atoms with Crippen LogP contribution in [0.15, 0.2) is 54.9 Å². The molecule has 2 aromatic heterocycles. The average Bonchev–Trinajstić information content (AvgIpc) is 3.27. The summed E-state index contributed by atoms with van der Waals surface area (Å²) in [6, 6.07) is 14.6. The van der Waals surface area contributed by atoms with Crippen LogP contribution in [-0.2, 0) is 19.8 Å². The van der Waals surface area contributed by atoms with Gasteiger partial charge in [0.2, 0.25) is 0 Å². The number of halogens is 3. The number of carbonyl (C=O) groups is 1. The molecule has 0 unspecified atom stereocenters. The van der Waals surface area contributed by atoms with E-state index >= 15 is 0 Å². The number of nitrogens with zero attached hydrogens (tertiary/aromatic N) is 6. The minimum Gasteiger partial charge on any atom is -0.367 e. The van der Waals surface area contributed by atoms with Crippen molar-refractivity contribution >= 4 is 17.5 Å². The Kier molecular flexibility index (Phi) is 5.64. The van der Waals surface area contributed by atoms with Gasteiger partial charge in [-0.25, -0.2) is 4.98 Å². The van der Waals surface area contributed by atoms with E-state index < -0.39 is 17.6 Å². The molecule has 39 heavy (non-hydrogen) atoms. The van der Waals surface area contributed by atoms with Crippen LogP contribution in [0.4, 0.5) is 24.8 Å². The summed E-state index contributed by atoms with van der Waals surface area (Å²) >= 11 is 0. The van der Waals surface area contributed by atoms with E-state index in [1.54, 1.807) is 42.2 Å². The highest BCUT2D eigenvalue weighted by Crippen LogP contribution is 2.41. The van der Waals surface area contributed by atoms with E-state index in [9.17, 15) is 23.2 Å². The topological polar surface area (TPSA) is 99.7 Å². The van der Waals surface area contributed by atoms with E-state index in [2.05, 4.69) is 33.5 Å². The number of anilines is 2. The molecule has 2 atom stereocenters. The molecule has 11 heteroatoms. The van der Waals surface area contributed by atoms with Gasteiger partial charge in [-0.1, -0.05) is 13.0 Å². The molecular formula is C28H22F3N7O. The molecule has 2 aromatic carbocycles. The molecule has 1 N–H and O–H groups in total. The molecule has 6 rings (SSSR count). The van der Waals surface area contributed by atoms with Crippen molar-refractivity contribution in [3.05, 3.63) is 77.1 Å². The maximum absolute atomic E-state index is 13.7. The molecule has 0 spiro atoms. The summed E-state index contributed by atoms with van der Waals surface area (Å²) in [5, 5.41) is 21.2. The lowest BCUT2D eigenvalue weighted by molar-refractivity contribution is -0.138. The number of pyridine rings is 1. The first-order chi connectivity index (χ1) is 18.6. The molecule has 1 fully saturated rings. The van der Waals surface area contributed by atoms with Crippen molar-refractivity contribution in [1.82, 2.24) is 19.7 Å². The van der Waals surface area contributed by atoms with Gasteiger partial charge < -0.3 is 9.88 Å². The van der Waals surface area contributed by atoms with Crippen LogP contribution in [0.3, 0.4) is 0 Å².